The molecule has 78 valence electrons. The Morgan fingerprint density at radius 1 is 1.33 bits per heavy atom. The number of benzene rings is 1. The molecule has 0 bridgehead atoms. The van der Waals surface area contributed by atoms with Crippen LogP contribution < -0.4 is 0 Å². The molecule has 0 fully saturated rings. The van der Waals surface area contributed by atoms with Crippen LogP contribution >= 0.6 is 0 Å². The van der Waals surface area contributed by atoms with Gasteiger partial charge in [-0.2, -0.15) is 0 Å². The van der Waals surface area contributed by atoms with E-state index in [0.717, 1.165) is 17.0 Å². The zero-order valence-corrected chi connectivity index (χ0v) is 8.87. The van der Waals surface area contributed by atoms with E-state index in [1.54, 1.807) is 18.3 Å². The predicted octanol–water partition coefficient (Wildman–Crippen LogP) is 2.69. The minimum Gasteiger partial charge on any atom is -0.331 e. The molecule has 1 aromatic carbocycles. The van der Waals surface area contributed by atoms with E-state index < -0.39 is 0 Å². The Kier molecular flexibility index (Phi) is 2.54. The maximum absolute atomic E-state index is 13.1. The van der Waals surface area contributed by atoms with E-state index in [2.05, 4.69) is 4.98 Å². The molecule has 0 N–H and O–H groups in total. The van der Waals surface area contributed by atoms with Crippen LogP contribution in [0.2, 0.25) is 0 Å². The van der Waals surface area contributed by atoms with Gasteiger partial charge in [-0.15, -0.1) is 0 Å². The van der Waals surface area contributed by atoms with E-state index in [1.807, 2.05) is 24.6 Å². The third kappa shape index (κ3) is 2.06. The van der Waals surface area contributed by atoms with Gasteiger partial charge in [0.15, 0.2) is 0 Å². The summed E-state index contributed by atoms with van der Waals surface area (Å²) in [6.07, 6.45) is 3.66. The summed E-state index contributed by atoms with van der Waals surface area (Å²) in [7, 11) is 0. The SMILES string of the molecule is Cc1ccc(F)cc1Cn1ccnc1C. The maximum Gasteiger partial charge on any atom is 0.123 e. The average Bonchev–Trinajstić information content (AvgIpc) is 2.58. The Morgan fingerprint density at radius 3 is 2.80 bits per heavy atom. The number of hydrogen-bond donors (Lipinski definition) is 0. The second kappa shape index (κ2) is 3.85. The lowest BCUT2D eigenvalue weighted by Gasteiger charge is -2.08. The first-order chi connectivity index (χ1) is 7.16. The highest BCUT2D eigenvalue weighted by Crippen LogP contribution is 2.12. The molecule has 15 heavy (non-hydrogen) atoms. The van der Waals surface area contributed by atoms with Crippen molar-refractivity contribution in [1.82, 2.24) is 9.55 Å². The molecule has 0 unspecified atom stereocenters. The van der Waals surface area contributed by atoms with E-state index in [-0.39, 0.29) is 5.82 Å². The Bertz CT molecular complexity index is 474. The van der Waals surface area contributed by atoms with Gasteiger partial charge >= 0.3 is 0 Å². The third-order valence-electron chi connectivity index (χ3n) is 2.58. The summed E-state index contributed by atoms with van der Waals surface area (Å²) in [5, 5.41) is 0. The number of aryl methyl sites for hydroxylation is 2. The predicted molar refractivity (Wildman–Crippen MR) is 57.2 cm³/mol. The number of nitrogens with zero attached hydrogens (tertiary/aromatic N) is 2. The number of rotatable bonds is 2. The summed E-state index contributed by atoms with van der Waals surface area (Å²) >= 11 is 0. The lowest BCUT2D eigenvalue weighted by atomic mass is 10.1. The Balaban J connectivity index is 2.32. The van der Waals surface area contributed by atoms with Crippen LogP contribution in [0.5, 0.6) is 0 Å². The fourth-order valence-electron chi connectivity index (χ4n) is 1.56. The fraction of sp³-hybridized carbons (Fsp3) is 0.250. The summed E-state index contributed by atoms with van der Waals surface area (Å²) in [5.74, 6) is 0.757. The summed E-state index contributed by atoms with van der Waals surface area (Å²) in [5.41, 5.74) is 2.10. The van der Waals surface area contributed by atoms with Gasteiger partial charge in [0.05, 0.1) is 0 Å². The van der Waals surface area contributed by atoms with Crippen LogP contribution in [-0.2, 0) is 6.54 Å². The van der Waals surface area contributed by atoms with E-state index in [1.165, 1.54) is 6.07 Å². The number of aromatic nitrogens is 2. The summed E-state index contributed by atoms with van der Waals surface area (Å²) in [4.78, 5) is 4.13. The molecule has 2 rings (SSSR count). The van der Waals surface area contributed by atoms with Crippen molar-refractivity contribution in [3.8, 4) is 0 Å². The second-order valence-electron chi connectivity index (χ2n) is 3.67. The van der Waals surface area contributed by atoms with Gasteiger partial charge in [0.2, 0.25) is 0 Å². The van der Waals surface area contributed by atoms with Gasteiger partial charge in [0.25, 0.3) is 0 Å². The number of imidazole rings is 1. The molecule has 0 spiro atoms. The first-order valence-electron chi connectivity index (χ1n) is 4.89. The highest BCUT2D eigenvalue weighted by Gasteiger charge is 2.03. The average molecular weight is 204 g/mol. The van der Waals surface area contributed by atoms with Gasteiger partial charge in [-0.25, -0.2) is 9.37 Å². The van der Waals surface area contributed by atoms with Gasteiger partial charge in [-0.1, -0.05) is 6.07 Å². The molecule has 1 aromatic heterocycles. The topological polar surface area (TPSA) is 17.8 Å². The lowest BCUT2D eigenvalue weighted by Crippen LogP contribution is -2.02. The van der Waals surface area contributed by atoms with E-state index >= 15 is 0 Å². The minimum atomic E-state index is -0.187. The molecular weight excluding hydrogens is 191 g/mol. The summed E-state index contributed by atoms with van der Waals surface area (Å²) in [6.45, 7) is 4.60. The molecular formula is C12H13FN2. The van der Waals surface area contributed by atoms with Gasteiger partial charge in [0, 0.05) is 18.9 Å². The van der Waals surface area contributed by atoms with Crippen LogP contribution in [0, 0.1) is 19.7 Å². The van der Waals surface area contributed by atoms with Gasteiger partial charge in [-0.05, 0) is 37.1 Å². The van der Waals surface area contributed by atoms with Crippen molar-refractivity contribution in [1.29, 1.82) is 0 Å². The molecule has 3 heteroatoms. The Morgan fingerprint density at radius 2 is 2.13 bits per heavy atom. The van der Waals surface area contributed by atoms with E-state index in [4.69, 9.17) is 0 Å². The maximum atomic E-state index is 13.1. The number of halogens is 1. The Labute approximate surface area is 88.4 Å². The minimum absolute atomic E-state index is 0.187. The molecule has 2 aromatic rings. The van der Waals surface area contributed by atoms with Crippen LogP contribution in [0.1, 0.15) is 17.0 Å². The lowest BCUT2D eigenvalue weighted by molar-refractivity contribution is 0.622. The molecule has 0 aliphatic carbocycles. The first-order valence-corrected chi connectivity index (χ1v) is 4.89. The monoisotopic (exact) mass is 204 g/mol. The summed E-state index contributed by atoms with van der Waals surface area (Å²) in [6, 6.07) is 4.87. The van der Waals surface area contributed by atoms with Crippen molar-refractivity contribution in [3.05, 3.63) is 53.4 Å². The zero-order chi connectivity index (χ0) is 10.8. The summed E-state index contributed by atoms with van der Waals surface area (Å²) < 4.78 is 15.1. The first kappa shape index (κ1) is 9.90. The van der Waals surface area contributed by atoms with Crippen molar-refractivity contribution in [2.45, 2.75) is 20.4 Å². The molecule has 0 amide bonds. The van der Waals surface area contributed by atoms with Crippen LogP contribution in [-0.4, -0.2) is 9.55 Å². The fourth-order valence-corrected chi connectivity index (χ4v) is 1.56. The highest BCUT2D eigenvalue weighted by molar-refractivity contribution is 5.27. The zero-order valence-electron chi connectivity index (χ0n) is 8.87. The smallest absolute Gasteiger partial charge is 0.123 e. The van der Waals surface area contributed by atoms with Gasteiger partial charge < -0.3 is 4.57 Å². The van der Waals surface area contributed by atoms with Crippen molar-refractivity contribution >= 4 is 0 Å². The molecule has 0 radical (unpaired) electrons. The third-order valence-corrected chi connectivity index (χ3v) is 2.58. The van der Waals surface area contributed by atoms with Crippen molar-refractivity contribution in [3.63, 3.8) is 0 Å². The van der Waals surface area contributed by atoms with Crippen LogP contribution in [0.15, 0.2) is 30.6 Å². The van der Waals surface area contributed by atoms with Crippen molar-refractivity contribution in [2.75, 3.05) is 0 Å². The molecule has 0 atom stereocenters. The molecule has 0 saturated carbocycles. The molecule has 0 saturated heterocycles. The molecule has 0 aliphatic heterocycles. The quantitative estimate of drug-likeness (QED) is 0.735. The van der Waals surface area contributed by atoms with E-state index in [0.29, 0.717) is 6.54 Å². The van der Waals surface area contributed by atoms with Crippen molar-refractivity contribution < 1.29 is 4.39 Å². The highest BCUT2D eigenvalue weighted by atomic mass is 19.1. The molecule has 1 heterocycles. The normalized spacial score (nSPS) is 10.6. The van der Waals surface area contributed by atoms with Crippen LogP contribution in [0.4, 0.5) is 4.39 Å². The molecule has 2 nitrogen and oxygen atoms in total. The van der Waals surface area contributed by atoms with Crippen LogP contribution in [0.25, 0.3) is 0 Å². The largest absolute Gasteiger partial charge is 0.331 e. The van der Waals surface area contributed by atoms with Gasteiger partial charge in [0.1, 0.15) is 11.6 Å². The van der Waals surface area contributed by atoms with Crippen LogP contribution in [0.3, 0.4) is 0 Å². The second-order valence-corrected chi connectivity index (χ2v) is 3.67. The van der Waals surface area contributed by atoms with Crippen molar-refractivity contribution in [2.24, 2.45) is 0 Å². The van der Waals surface area contributed by atoms with Gasteiger partial charge in [-0.3, -0.25) is 0 Å². The molecule has 0 aliphatic rings. The van der Waals surface area contributed by atoms with E-state index in [9.17, 15) is 4.39 Å². The Hall–Kier alpha value is -1.64. The number of hydrogen-bond acceptors (Lipinski definition) is 1. The standard InChI is InChI=1S/C12H13FN2/c1-9-3-4-12(13)7-11(9)8-15-6-5-14-10(15)2/h3-7H,8H2,1-2H3.